The van der Waals surface area contributed by atoms with Gasteiger partial charge < -0.3 is 19.7 Å². The van der Waals surface area contributed by atoms with E-state index in [1.165, 1.54) is 37.3 Å². The lowest BCUT2D eigenvalue weighted by atomic mass is 10.0. The van der Waals surface area contributed by atoms with Gasteiger partial charge in [0, 0.05) is 25.1 Å². The number of hydrogen-bond acceptors (Lipinski definition) is 6. The standard InChI is InChI=1S/C37H43N3O6S/c1-6-28(3)38-37(42)33(23-29-13-9-7-10-14-29)39(25-30-19-17-27(2)18-20-30)36(41)26-40(31-15-11-8-12-16-31)47(43,44)32-21-22-34(45-4)35(24-32)46-5/h7-22,24,28,33H,6,23,25-26H2,1-5H3,(H,38,42)/t28-,33+/m0/s1. The van der Waals surface area contributed by atoms with Gasteiger partial charge in [-0.25, -0.2) is 8.42 Å². The normalized spacial score (nSPS) is 12.4. The lowest BCUT2D eigenvalue weighted by molar-refractivity contribution is -0.140. The first kappa shape index (κ1) is 35.0. The predicted molar refractivity (Wildman–Crippen MR) is 184 cm³/mol. The Morgan fingerprint density at radius 1 is 0.809 bits per heavy atom. The molecule has 4 rings (SSSR count). The Hall–Kier alpha value is -4.83. The third-order valence-corrected chi connectivity index (χ3v) is 9.78. The first-order valence-electron chi connectivity index (χ1n) is 15.6. The van der Waals surface area contributed by atoms with Crippen LogP contribution < -0.4 is 19.1 Å². The highest BCUT2D eigenvalue weighted by molar-refractivity contribution is 7.92. The molecule has 1 N–H and O–H groups in total. The molecule has 9 nitrogen and oxygen atoms in total. The van der Waals surface area contributed by atoms with Crippen molar-refractivity contribution in [1.82, 2.24) is 10.2 Å². The summed E-state index contributed by atoms with van der Waals surface area (Å²) in [4.78, 5) is 30.0. The predicted octanol–water partition coefficient (Wildman–Crippen LogP) is 5.76. The SMILES string of the molecule is CC[C@H](C)NC(=O)[C@@H](Cc1ccccc1)N(Cc1ccc(C)cc1)C(=O)CN(c1ccccc1)S(=O)(=O)c1ccc(OC)c(OC)c1. The van der Waals surface area contributed by atoms with Crippen LogP contribution in [0.4, 0.5) is 5.69 Å². The van der Waals surface area contributed by atoms with Crippen molar-refractivity contribution in [3.63, 3.8) is 0 Å². The number of hydrogen-bond donors (Lipinski definition) is 1. The number of aryl methyl sites for hydroxylation is 1. The summed E-state index contributed by atoms with van der Waals surface area (Å²) in [6, 6.07) is 28.9. The van der Waals surface area contributed by atoms with E-state index < -0.39 is 28.5 Å². The van der Waals surface area contributed by atoms with Crippen LogP contribution in [0.1, 0.15) is 37.0 Å². The van der Waals surface area contributed by atoms with Crippen LogP contribution in [0, 0.1) is 6.92 Å². The molecule has 0 aliphatic heterocycles. The number of carbonyl (C=O) groups is 2. The molecular weight excluding hydrogens is 614 g/mol. The maximum Gasteiger partial charge on any atom is 0.264 e. The van der Waals surface area contributed by atoms with Crippen LogP contribution in [0.15, 0.2) is 108 Å². The molecule has 4 aromatic carbocycles. The van der Waals surface area contributed by atoms with Crippen LogP contribution in [-0.2, 0) is 32.6 Å². The van der Waals surface area contributed by atoms with Gasteiger partial charge in [-0.2, -0.15) is 0 Å². The summed E-state index contributed by atoms with van der Waals surface area (Å²) in [6.07, 6.45) is 0.954. The average molecular weight is 658 g/mol. The molecule has 248 valence electrons. The van der Waals surface area contributed by atoms with E-state index >= 15 is 0 Å². The van der Waals surface area contributed by atoms with Crippen molar-refractivity contribution in [2.45, 2.75) is 57.1 Å². The fourth-order valence-corrected chi connectivity index (χ4v) is 6.54. The van der Waals surface area contributed by atoms with E-state index in [1.54, 1.807) is 30.3 Å². The lowest BCUT2D eigenvalue weighted by Gasteiger charge is -2.34. The van der Waals surface area contributed by atoms with Gasteiger partial charge in [0.05, 0.1) is 24.8 Å². The second-order valence-corrected chi connectivity index (χ2v) is 13.3. The van der Waals surface area contributed by atoms with Crippen LogP contribution in [-0.4, -0.2) is 58.0 Å². The largest absolute Gasteiger partial charge is 0.493 e. The number of nitrogens with one attached hydrogen (secondary N) is 1. The molecule has 10 heteroatoms. The minimum Gasteiger partial charge on any atom is -0.493 e. The fraction of sp³-hybridized carbons (Fsp3) is 0.297. The Balaban J connectivity index is 1.81. The molecule has 0 saturated heterocycles. The van der Waals surface area contributed by atoms with Gasteiger partial charge in [-0.15, -0.1) is 0 Å². The van der Waals surface area contributed by atoms with Crippen molar-refractivity contribution in [2.24, 2.45) is 0 Å². The zero-order valence-corrected chi connectivity index (χ0v) is 28.4. The highest BCUT2D eigenvalue weighted by Crippen LogP contribution is 2.32. The first-order chi connectivity index (χ1) is 22.6. The molecule has 47 heavy (non-hydrogen) atoms. The zero-order valence-electron chi connectivity index (χ0n) is 27.6. The van der Waals surface area contributed by atoms with Crippen LogP contribution in [0.3, 0.4) is 0 Å². The number of nitrogens with zero attached hydrogens (tertiary/aromatic N) is 2. The quantitative estimate of drug-likeness (QED) is 0.174. The summed E-state index contributed by atoms with van der Waals surface area (Å²) in [7, 11) is -1.41. The molecule has 0 bridgehead atoms. The third kappa shape index (κ3) is 8.92. The molecule has 2 atom stereocenters. The van der Waals surface area contributed by atoms with Gasteiger partial charge in [-0.05, 0) is 55.7 Å². The van der Waals surface area contributed by atoms with Crippen molar-refractivity contribution >= 4 is 27.5 Å². The Morgan fingerprint density at radius 3 is 2.02 bits per heavy atom. The smallest absolute Gasteiger partial charge is 0.264 e. The van der Waals surface area contributed by atoms with Gasteiger partial charge in [0.1, 0.15) is 12.6 Å². The number of amides is 2. The maximum atomic E-state index is 14.6. The van der Waals surface area contributed by atoms with Crippen molar-refractivity contribution < 1.29 is 27.5 Å². The molecule has 0 radical (unpaired) electrons. The van der Waals surface area contributed by atoms with Gasteiger partial charge in [0.15, 0.2) is 11.5 Å². The summed E-state index contributed by atoms with van der Waals surface area (Å²) >= 11 is 0. The van der Waals surface area contributed by atoms with E-state index in [4.69, 9.17) is 9.47 Å². The zero-order chi connectivity index (χ0) is 34.0. The summed E-state index contributed by atoms with van der Waals surface area (Å²) in [5.41, 5.74) is 3.04. The molecule has 0 unspecified atom stereocenters. The molecule has 4 aromatic rings. The van der Waals surface area contributed by atoms with Crippen molar-refractivity contribution in [3.8, 4) is 11.5 Å². The van der Waals surface area contributed by atoms with Crippen LogP contribution in [0.25, 0.3) is 0 Å². The number of benzene rings is 4. The van der Waals surface area contributed by atoms with Crippen LogP contribution in [0.5, 0.6) is 11.5 Å². The monoisotopic (exact) mass is 657 g/mol. The Bertz CT molecular complexity index is 1730. The van der Waals surface area contributed by atoms with E-state index in [0.29, 0.717) is 17.9 Å². The minimum absolute atomic E-state index is 0.0766. The summed E-state index contributed by atoms with van der Waals surface area (Å²) in [5.74, 6) is -0.232. The highest BCUT2D eigenvalue weighted by atomic mass is 32.2. The Morgan fingerprint density at radius 2 is 1.43 bits per heavy atom. The molecular formula is C37H43N3O6S. The number of para-hydroxylation sites is 1. The molecule has 2 amide bonds. The molecule has 0 heterocycles. The Kier molecular flexibility index (Phi) is 12.0. The number of sulfonamides is 1. The van der Waals surface area contributed by atoms with E-state index in [-0.39, 0.29) is 35.6 Å². The van der Waals surface area contributed by atoms with E-state index in [2.05, 4.69) is 5.32 Å². The highest BCUT2D eigenvalue weighted by Gasteiger charge is 2.35. The topological polar surface area (TPSA) is 105 Å². The number of methoxy groups -OCH3 is 2. The van der Waals surface area contributed by atoms with Crippen molar-refractivity contribution in [2.75, 3.05) is 25.1 Å². The summed E-state index contributed by atoms with van der Waals surface area (Å²) in [6.45, 7) is 5.42. The van der Waals surface area contributed by atoms with E-state index in [1.807, 2.05) is 75.4 Å². The molecule has 0 aromatic heterocycles. The third-order valence-electron chi connectivity index (χ3n) is 8.01. The number of anilines is 1. The summed E-state index contributed by atoms with van der Waals surface area (Å²) in [5, 5.41) is 3.05. The van der Waals surface area contributed by atoms with Crippen molar-refractivity contribution in [3.05, 3.63) is 120 Å². The fourth-order valence-electron chi connectivity index (χ4n) is 5.11. The molecule has 0 fully saturated rings. The number of rotatable bonds is 15. The van der Waals surface area contributed by atoms with Gasteiger partial charge in [0.25, 0.3) is 10.0 Å². The number of carbonyl (C=O) groups excluding carboxylic acids is 2. The van der Waals surface area contributed by atoms with E-state index in [9.17, 15) is 18.0 Å². The molecule has 0 aliphatic rings. The van der Waals surface area contributed by atoms with Crippen molar-refractivity contribution in [1.29, 1.82) is 0 Å². The minimum atomic E-state index is -4.30. The number of ether oxygens (including phenoxy) is 2. The second-order valence-electron chi connectivity index (χ2n) is 11.4. The van der Waals surface area contributed by atoms with Gasteiger partial charge in [0.2, 0.25) is 11.8 Å². The summed E-state index contributed by atoms with van der Waals surface area (Å²) < 4.78 is 40.4. The van der Waals surface area contributed by atoms with Gasteiger partial charge >= 0.3 is 0 Å². The van der Waals surface area contributed by atoms with Crippen LogP contribution >= 0.6 is 0 Å². The average Bonchev–Trinajstić information content (AvgIpc) is 3.09. The molecule has 0 aliphatic carbocycles. The molecule has 0 saturated carbocycles. The van der Waals surface area contributed by atoms with Gasteiger partial charge in [-0.3, -0.25) is 13.9 Å². The van der Waals surface area contributed by atoms with Crippen LogP contribution in [0.2, 0.25) is 0 Å². The second kappa shape index (κ2) is 16.1. The molecule has 0 spiro atoms. The first-order valence-corrected chi connectivity index (χ1v) is 17.0. The van der Waals surface area contributed by atoms with Gasteiger partial charge in [-0.1, -0.05) is 85.3 Å². The van der Waals surface area contributed by atoms with E-state index in [0.717, 1.165) is 21.0 Å². The Labute approximate surface area is 278 Å². The maximum absolute atomic E-state index is 14.6. The lowest BCUT2D eigenvalue weighted by Crippen LogP contribution is -2.54.